The largest absolute Gasteiger partial charge is 0.573 e. The molecule has 0 spiro atoms. The Labute approximate surface area is 151 Å². The van der Waals surface area contributed by atoms with Gasteiger partial charge in [0.1, 0.15) is 18.0 Å². The molecule has 0 saturated heterocycles. The lowest BCUT2D eigenvalue weighted by Crippen LogP contribution is -2.47. The van der Waals surface area contributed by atoms with E-state index in [-0.39, 0.29) is 18.2 Å². The number of halogens is 3. The number of carbonyl (C=O) groups excluding carboxylic acids is 2. The molecule has 0 radical (unpaired) electrons. The van der Waals surface area contributed by atoms with Crippen LogP contribution < -0.4 is 19.7 Å². The van der Waals surface area contributed by atoms with Gasteiger partial charge in [0.2, 0.25) is 5.91 Å². The van der Waals surface area contributed by atoms with E-state index in [2.05, 4.69) is 15.0 Å². The van der Waals surface area contributed by atoms with Gasteiger partial charge in [0.25, 0.3) is 5.91 Å². The summed E-state index contributed by atoms with van der Waals surface area (Å²) in [5.41, 5.74) is 0.406. The summed E-state index contributed by atoms with van der Waals surface area (Å²) in [5, 5.41) is 2.62. The summed E-state index contributed by atoms with van der Waals surface area (Å²) in [4.78, 5) is 29.8. The number of alkyl halides is 3. The Morgan fingerprint density at radius 2 is 1.89 bits per heavy atom. The van der Waals surface area contributed by atoms with Crippen LogP contribution in [0.4, 0.5) is 24.7 Å². The molecule has 1 N–H and O–H groups in total. The average molecular weight is 381 g/mol. The van der Waals surface area contributed by atoms with Gasteiger partial charge in [-0.2, -0.15) is 0 Å². The summed E-state index contributed by atoms with van der Waals surface area (Å²) < 4.78 is 45.8. The zero-order valence-corrected chi connectivity index (χ0v) is 14.0. The molecule has 0 bridgehead atoms. The van der Waals surface area contributed by atoms with Crippen LogP contribution in [0.5, 0.6) is 11.5 Å². The topological polar surface area (TPSA) is 80.8 Å². The van der Waals surface area contributed by atoms with E-state index in [4.69, 9.17) is 4.74 Å². The standard InChI is InChI=1S/C17H14F3N3O4/c1-10(26-11-4-6-12(7-5-11)27-17(18,19)20)16(25)23-9-14(24)22-13-3-2-8-21-15(13)23/h2-8,10H,9H2,1H3,(H,22,24). The highest BCUT2D eigenvalue weighted by molar-refractivity contribution is 6.09. The zero-order chi connectivity index (χ0) is 19.6. The third-order valence-corrected chi connectivity index (χ3v) is 3.60. The molecule has 1 atom stereocenters. The van der Waals surface area contributed by atoms with E-state index < -0.39 is 24.1 Å². The first-order chi connectivity index (χ1) is 12.7. The minimum atomic E-state index is -4.79. The van der Waals surface area contributed by atoms with Gasteiger partial charge < -0.3 is 14.8 Å². The number of carbonyl (C=O) groups is 2. The number of pyridine rings is 1. The third kappa shape index (κ3) is 4.46. The predicted molar refractivity (Wildman–Crippen MR) is 88.4 cm³/mol. The number of fused-ring (bicyclic) bond motifs is 1. The Morgan fingerprint density at radius 3 is 2.56 bits per heavy atom. The van der Waals surface area contributed by atoms with Crippen LogP contribution in [0.1, 0.15) is 6.92 Å². The van der Waals surface area contributed by atoms with E-state index in [0.29, 0.717) is 11.5 Å². The minimum absolute atomic E-state index is 0.174. The van der Waals surface area contributed by atoms with Crippen LogP contribution in [0.3, 0.4) is 0 Å². The Balaban J connectivity index is 1.70. The van der Waals surface area contributed by atoms with Crippen LogP contribution in [0, 0.1) is 0 Å². The Hall–Kier alpha value is -3.30. The molecule has 7 nitrogen and oxygen atoms in total. The molecule has 1 aliphatic rings. The van der Waals surface area contributed by atoms with Gasteiger partial charge in [-0.05, 0) is 43.3 Å². The van der Waals surface area contributed by atoms with E-state index in [1.54, 1.807) is 12.1 Å². The zero-order valence-electron chi connectivity index (χ0n) is 14.0. The van der Waals surface area contributed by atoms with Gasteiger partial charge in [-0.3, -0.25) is 14.5 Å². The minimum Gasteiger partial charge on any atom is -0.481 e. The Morgan fingerprint density at radius 1 is 1.22 bits per heavy atom. The molecule has 0 saturated carbocycles. The number of amides is 2. The smallest absolute Gasteiger partial charge is 0.481 e. The van der Waals surface area contributed by atoms with Crippen molar-refractivity contribution in [2.24, 2.45) is 0 Å². The monoisotopic (exact) mass is 381 g/mol. The highest BCUT2D eigenvalue weighted by Gasteiger charge is 2.32. The summed E-state index contributed by atoms with van der Waals surface area (Å²) in [6, 6.07) is 7.89. The normalized spacial score (nSPS) is 14.8. The first kappa shape index (κ1) is 18.5. The van der Waals surface area contributed by atoms with Gasteiger partial charge in [-0.25, -0.2) is 4.98 Å². The number of anilines is 2. The second-order valence-corrected chi connectivity index (χ2v) is 5.63. The number of ether oxygens (including phenoxy) is 2. The number of rotatable bonds is 4. The second kappa shape index (κ2) is 7.14. The van der Waals surface area contributed by atoms with Crippen molar-refractivity contribution in [2.75, 3.05) is 16.8 Å². The van der Waals surface area contributed by atoms with Crippen molar-refractivity contribution < 1.29 is 32.2 Å². The summed E-state index contributed by atoms with van der Waals surface area (Å²) in [7, 11) is 0. The van der Waals surface area contributed by atoms with Gasteiger partial charge in [-0.1, -0.05) is 0 Å². The summed E-state index contributed by atoms with van der Waals surface area (Å²) >= 11 is 0. The molecule has 2 aromatic rings. The fourth-order valence-electron chi connectivity index (χ4n) is 2.49. The number of benzene rings is 1. The summed E-state index contributed by atoms with van der Waals surface area (Å²) in [5.74, 6) is -0.815. The maximum Gasteiger partial charge on any atom is 0.573 e. The molecular weight excluding hydrogens is 367 g/mol. The Kier molecular flexibility index (Phi) is 4.89. The SMILES string of the molecule is CC(Oc1ccc(OC(F)(F)F)cc1)C(=O)N1CC(=O)Nc2cccnc21. The van der Waals surface area contributed by atoms with Crippen LogP contribution in [-0.2, 0) is 9.59 Å². The number of hydrogen-bond donors (Lipinski definition) is 1. The number of nitrogens with zero attached hydrogens (tertiary/aromatic N) is 2. The van der Waals surface area contributed by atoms with Crippen LogP contribution >= 0.6 is 0 Å². The van der Waals surface area contributed by atoms with E-state index in [0.717, 1.165) is 12.1 Å². The maximum absolute atomic E-state index is 12.7. The molecule has 1 unspecified atom stereocenters. The van der Waals surface area contributed by atoms with Crippen LogP contribution in [0.15, 0.2) is 42.6 Å². The fraction of sp³-hybridized carbons (Fsp3) is 0.235. The average Bonchev–Trinajstić information content (AvgIpc) is 2.60. The van der Waals surface area contributed by atoms with Crippen molar-refractivity contribution in [3.05, 3.63) is 42.6 Å². The molecule has 2 amide bonds. The lowest BCUT2D eigenvalue weighted by atomic mass is 10.2. The number of nitrogens with one attached hydrogen (secondary N) is 1. The van der Waals surface area contributed by atoms with Crippen molar-refractivity contribution in [1.29, 1.82) is 0 Å². The van der Waals surface area contributed by atoms with Crippen LogP contribution in [0.2, 0.25) is 0 Å². The molecule has 2 heterocycles. The predicted octanol–water partition coefficient (Wildman–Crippen LogP) is 2.73. The van der Waals surface area contributed by atoms with E-state index in [1.165, 1.54) is 30.2 Å². The van der Waals surface area contributed by atoms with Gasteiger partial charge in [0.05, 0.1) is 5.69 Å². The lowest BCUT2D eigenvalue weighted by Gasteiger charge is -2.29. The number of hydrogen-bond acceptors (Lipinski definition) is 5. The van der Waals surface area contributed by atoms with Gasteiger partial charge in [-0.15, -0.1) is 13.2 Å². The Bertz CT molecular complexity index is 855. The molecule has 27 heavy (non-hydrogen) atoms. The third-order valence-electron chi connectivity index (χ3n) is 3.60. The quantitative estimate of drug-likeness (QED) is 0.881. The number of aromatic nitrogens is 1. The maximum atomic E-state index is 12.7. The van der Waals surface area contributed by atoms with E-state index in [9.17, 15) is 22.8 Å². The van der Waals surface area contributed by atoms with Crippen LogP contribution in [-0.4, -0.2) is 35.8 Å². The molecule has 1 aromatic heterocycles. The lowest BCUT2D eigenvalue weighted by molar-refractivity contribution is -0.274. The molecule has 0 fully saturated rings. The van der Waals surface area contributed by atoms with Crippen molar-refractivity contribution in [3.8, 4) is 11.5 Å². The highest BCUT2D eigenvalue weighted by Crippen LogP contribution is 2.28. The van der Waals surface area contributed by atoms with Crippen molar-refractivity contribution >= 4 is 23.3 Å². The van der Waals surface area contributed by atoms with Gasteiger partial charge in [0.15, 0.2) is 11.9 Å². The van der Waals surface area contributed by atoms with E-state index >= 15 is 0 Å². The first-order valence-electron chi connectivity index (χ1n) is 7.81. The van der Waals surface area contributed by atoms with Gasteiger partial charge >= 0.3 is 6.36 Å². The molecule has 1 aliphatic heterocycles. The molecule has 3 rings (SSSR count). The summed E-state index contributed by atoms with van der Waals surface area (Å²) in [6.07, 6.45) is -4.30. The summed E-state index contributed by atoms with van der Waals surface area (Å²) in [6.45, 7) is 1.26. The van der Waals surface area contributed by atoms with Crippen molar-refractivity contribution in [3.63, 3.8) is 0 Å². The highest BCUT2D eigenvalue weighted by atomic mass is 19.4. The molecule has 0 aliphatic carbocycles. The van der Waals surface area contributed by atoms with Crippen LogP contribution in [0.25, 0.3) is 0 Å². The van der Waals surface area contributed by atoms with Gasteiger partial charge in [0, 0.05) is 6.20 Å². The molecule has 10 heteroatoms. The molecule has 142 valence electrons. The van der Waals surface area contributed by atoms with Crippen molar-refractivity contribution in [1.82, 2.24) is 4.98 Å². The van der Waals surface area contributed by atoms with Crippen molar-refractivity contribution in [2.45, 2.75) is 19.4 Å². The van der Waals surface area contributed by atoms with E-state index in [1.807, 2.05) is 0 Å². The second-order valence-electron chi connectivity index (χ2n) is 5.63. The first-order valence-corrected chi connectivity index (χ1v) is 7.81. The molecule has 1 aromatic carbocycles. The molecular formula is C17H14F3N3O4. The fourth-order valence-corrected chi connectivity index (χ4v) is 2.49.